The molecule has 0 radical (unpaired) electrons. The highest BCUT2D eigenvalue weighted by Gasteiger charge is 2.24. The van der Waals surface area contributed by atoms with Crippen LogP contribution < -0.4 is 15.8 Å². The molecular formula is C18H21N3O4. The molecule has 2 amide bonds. The van der Waals surface area contributed by atoms with Crippen molar-refractivity contribution < 1.29 is 19.1 Å². The van der Waals surface area contributed by atoms with Gasteiger partial charge in [-0.2, -0.15) is 0 Å². The number of aromatic nitrogens is 1. The third-order valence-electron chi connectivity index (χ3n) is 4.41. The topological polar surface area (TPSA) is 95.6 Å². The molecule has 7 heteroatoms. The van der Waals surface area contributed by atoms with Crippen LogP contribution in [0.25, 0.3) is 0 Å². The summed E-state index contributed by atoms with van der Waals surface area (Å²) >= 11 is 0. The van der Waals surface area contributed by atoms with Gasteiger partial charge >= 0.3 is 0 Å². The molecule has 2 aromatic rings. The molecule has 0 saturated carbocycles. The van der Waals surface area contributed by atoms with Gasteiger partial charge in [0.05, 0.1) is 13.2 Å². The summed E-state index contributed by atoms with van der Waals surface area (Å²) in [6, 6.07) is 7.55. The number of hydrogen-bond donors (Lipinski definition) is 2. The predicted octanol–water partition coefficient (Wildman–Crippen LogP) is 1.65. The summed E-state index contributed by atoms with van der Waals surface area (Å²) in [5, 5.41) is 2.55. The highest BCUT2D eigenvalue weighted by atomic mass is 16.5. The summed E-state index contributed by atoms with van der Waals surface area (Å²) < 4.78 is 12.9. The number of carbonyl (C=O) groups excluding carboxylic acids is 2. The average molecular weight is 343 g/mol. The van der Waals surface area contributed by atoms with E-state index in [1.807, 2.05) is 25.1 Å². The van der Waals surface area contributed by atoms with Gasteiger partial charge in [0.25, 0.3) is 11.8 Å². The van der Waals surface area contributed by atoms with E-state index in [2.05, 4.69) is 5.32 Å². The molecule has 1 aliphatic heterocycles. The molecule has 1 atom stereocenters. The van der Waals surface area contributed by atoms with Gasteiger partial charge in [0.1, 0.15) is 17.5 Å². The summed E-state index contributed by atoms with van der Waals surface area (Å²) in [6.45, 7) is 3.12. The van der Waals surface area contributed by atoms with Gasteiger partial charge in [-0.15, -0.1) is 0 Å². The number of primary amides is 1. The van der Waals surface area contributed by atoms with Gasteiger partial charge in [-0.05, 0) is 29.7 Å². The van der Waals surface area contributed by atoms with Crippen molar-refractivity contribution in [3.05, 3.63) is 52.3 Å². The Bertz CT molecular complexity index is 841. The van der Waals surface area contributed by atoms with E-state index in [1.165, 1.54) is 23.2 Å². The molecule has 0 bridgehead atoms. The zero-order valence-corrected chi connectivity index (χ0v) is 14.5. The van der Waals surface area contributed by atoms with Crippen LogP contribution in [0.4, 0.5) is 0 Å². The first-order valence-electron chi connectivity index (χ1n) is 8.00. The molecule has 0 aliphatic carbocycles. The zero-order valence-electron chi connectivity index (χ0n) is 14.5. The van der Waals surface area contributed by atoms with Crippen molar-refractivity contribution in [2.75, 3.05) is 7.05 Å². The number of nitrogens with zero attached hydrogens (tertiary/aromatic N) is 1. The van der Waals surface area contributed by atoms with Crippen LogP contribution in [0.15, 0.2) is 24.3 Å². The fraction of sp³-hybridized carbons (Fsp3) is 0.333. The third-order valence-corrected chi connectivity index (χ3v) is 4.41. The minimum absolute atomic E-state index is 0.211. The summed E-state index contributed by atoms with van der Waals surface area (Å²) in [5.41, 5.74) is 9.14. The quantitative estimate of drug-likeness (QED) is 0.863. The van der Waals surface area contributed by atoms with Crippen molar-refractivity contribution in [2.24, 2.45) is 12.8 Å². The van der Waals surface area contributed by atoms with E-state index in [4.69, 9.17) is 15.2 Å². The molecule has 0 saturated heterocycles. The molecule has 1 aromatic carbocycles. The van der Waals surface area contributed by atoms with Crippen LogP contribution in [-0.2, 0) is 25.0 Å². The molecule has 0 spiro atoms. The maximum absolute atomic E-state index is 12.2. The van der Waals surface area contributed by atoms with E-state index < -0.39 is 5.91 Å². The van der Waals surface area contributed by atoms with Gasteiger partial charge in [0.2, 0.25) is 0 Å². The highest BCUT2D eigenvalue weighted by Crippen LogP contribution is 2.30. The molecule has 1 unspecified atom stereocenters. The van der Waals surface area contributed by atoms with E-state index >= 15 is 0 Å². The second kappa shape index (κ2) is 6.60. The largest absolute Gasteiger partial charge is 0.484 e. The lowest BCUT2D eigenvalue weighted by molar-refractivity contribution is 0.0947. The molecule has 25 heavy (non-hydrogen) atoms. The number of hydrogen-bond acceptors (Lipinski definition) is 4. The predicted molar refractivity (Wildman–Crippen MR) is 91.3 cm³/mol. The maximum Gasteiger partial charge on any atom is 0.271 e. The summed E-state index contributed by atoms with van der Waals surface area (Å²) in [5.74, 6) is -0.649. The lowest BCUT2D eigenvalue weighted by Gasteiger charge is -2.16. The van der Waals surface area contributed by atoms with Gasteiger partial charge < -0.3 is 25.1 Å². The van der Waals surface area contributed by atoms with Crippen molar-refractivity contribution in [3.63, 3.8) is 0 Å². The Labute approximate surface area is 145 Å². The summed E-state index contributed by atoms with van der Waals surface area (Å²) in [7, 11) is 3.13. The summed E-state index contributed by atoms with van der Waals surface area (Å²) in [6.07, 6.45) is -0.308. The van der Waals surface area contributed by atoms with Gasteiger partial charge in [0, 0.05) is 20.2 Å². The smallest absolute Gasteiger partial charge is 0.271 e. The van der Waals surface area contributed by atoms with E-state index in [9.17, 15) is 9.59 Å². The first-order valence-corrected chi connectivity index (χ1v) is 8.00. The van der Waals surface area contributed by atoms with Gasteiger partial charge in [-0.1, -0.05) is 12.1 Å². The minimum Gasteiger partial charge on any atom is -0.484 e. The standard InChI is InChI=1S/C18H21N3O4/c1-10(11-4-5-12-8-24-9-13(12)6-11)25-15-7-14(17(19)22)21(3)16(15)18(23)20-2/h4-7,10H,8-9H2,1-3H3,(H2,19,22)(H,20,23). The Hall–Kier alpha value is -2.80. The fourth-order valence-electron chi connectivity index (χ4n) is 2.99. The Morgan fingerprint density at radius 1 is 1.28 bits per heavy atom. The fourth-order valence-corrected chi connectivity index (χ4v) is 2.99. The lowest BCUT2D eigenvalue weighted by atomic mass is 10.0. The number of ether oxygens (including phenoxy) is 2. The van der Waals surface area contributed by atoms with Crippen LogP contribution in [0.3, 0.4) is 0 Å². The molecule has 2 heterocycles. The molecule has 7 nitrogen and oxygen atoms in total. The zero-order chi connectivity index (χ0) is 18.1. The monoisotopic (exact) mass is 343 g/mol. The number of benzene rings is 1. The average Bonchev–Trinajstić information content (AvgIpc) is 3.17. The third kappa shape index (κ3) is 3.10. The molecule has 1 aliphatic rings. The van der Waals surface area contributed by atoms with Crippen molar-refractivity contribution in [1.29, 1.82) is 0 Å². The van der Waals surface area contributed by atoms with E-state index in [0.29, 0.717) is 19.0 Å². The van der Waals surface area contributed by atoms with Gasteiger partial charge in [-0.3, -0.25) is 9.59 Å². The molecule has 132 valence electrons. The number of rotatable bonds is 5. The van der Waals surface area contributed by atoms with Crippen LogP contribution >= 0.6 is 0 Å². The Kier molecular flexibility index (Phi) is 4.50. The molecule has 1 aromatic heterocycles. The number of fused-ring (bicyclic) bond motifs is 1. The number of nitrogens with one attached hydrogen (secondary N) is 1. The van der Waals surface area contributed by atoms with Crippen LogP contribution in [0.2, 0.25) is 0 Å². The second-order valence-corrected chi connectivity index (χ2v) is 6.03. The van der Waals surface area contributed by atoms with Gasteiger partial charge in [0.15, 0.2) is 5.75 Å². The Morgan fingerprint density at radius 3 is 2.68 bits per heavy atom. The van der Waals surface area contributed by atoms with Gasteiger partial charge in [-0.25, -0.2) is 0 Å². The lowest BCUT2D eigenvalue weighted by Crippen LogP contribution is -2.24. The van der Waals surface area contributed by atoms with Crippen LogP contribution in [0.5, 0.6) is 5.75 Å². The van der Waals surface area contributed by atoms with E-state index in [1.54, 1.807) is 7.05 Å². The van der Waals surface area contributed by atoms with Crippen molar-refractivity contribution in [1.82, 2.24) is 9.88 Å². The number of nitrogens with two attached hydrogens (primary N) is 1. The molecule has 3 N–H and O–H groups in total. The Balaban J connectivity index is 1.92. The molecule has 0 fully saturated rings. The van der Waals surface area contributed by atoms with E-state index in [-0.39, 0.29) is 23.4 Å². The first kappa shape index (κ1) is 17.0. The molecular weight excluding hydrogens is 322 g/mol. The minimum atomic E-state index is -0.621. The SMILES string of the molecule is CNC(=O)c1c(OC(C)c2ccc3c(c2)COC3)cc(C(N)=O)n1C. The van der Waals surface area contributed by atoms with Crippen LogP contribution in [0.1, 0.15) is 50.7 Å². The van der Waals surface area contributed by atoms with Crippen LogP contribution in [-0.4, -0.2) is 23.4 Å². The van der Waals surface area contributed by atoms with Crippen LogP contribution in [0, 0.1) is 0 Å². The Morgan fingerprint density at radius 2 is 2.00 bits per heavy atom. The maximum atomic E-state index is 12.2. The first-order chi connectivity index (χ1) is 11.9. The van der Waals surface area contributed by atoms with Crippen molar-refractivity contribution in [2.45, 2.75) is 26.2 Å². The number of carbonyl (C=O) groups is 2. The molecule has 3 rings (SSSR count). The summed E-state index contributed by atoms with van der Waals surface area (Å²) in [4.78, 5) is 23.8. The normalized spacial score (nSPS) is 14.0. The highest BCUT2D eigenvalue weighted by molar-refractivity contribution is 5.99. The number of amides is 2. The van der Waals surface area contributed by atoms with Crippen molar-refractivity contribution >= 4 is 11.8 Å². The second-order valence-electron chi connectivity index (χ2n) is 6.03. The van der Waals surface area contributed by atoms with E-state index in [0.717, 1.165) is 11.1 Å². The van der Waals surface area contributed by atoms with Crippen molar-refractivity contribution in [3.8, 4) is 5.75 Å².